The first-order chi connectivity index (χ1) is 5.79. The molecule has 0 fully saturated rings. The lowest BCUT2D eigenvalue weighted by Crippen LogP contribution is -2.05. The number of Topliss-reactive ketones (excluding diaryl/α,β-unsaturated/α-hetero) is 1. The number of allylic oxidation sites excluding steroid dienone is 2. The Morgan fingerprint density at radius 2 is 1.92 bits per heavy atom. The van der Waals surface area contributed by atoms with Gasteiger partial charge in [-0.25, -0.2) is 0 Å². The molecule has 0 aromatic heterocycles. The van der Waals surface area contributed by atoms with Gasteiger partial charge in [-0.2, -0.15) is 0 Å². The maximum absolute atomic E-state index is 11.6. The third kappa shape index (κ3) is 1.21. The molecule has 0 amide bonds. The molecule has 0 saturated heterocycles. The molecule has 2 rings (SSSR count). The van der Waals surface area contributed by atoms with E-state index in [0.29, 0.717) is 11.7 Å². The van der Waals surface area contributed by atoms with Gasteiger partial charge in [-0.1, -0.05) is 18.9 Å². The maximum Gasteiger partial charge on any atom is 0.161 e. The molecule has 0 N–H and O–H groups in total. The summed E-state index contributed by atoms with van der Waals surface area (Å²) in [6.07, 6.45) is 7.18. The van der Waals surface area contributed by atoms with Gasteiger partial charge in [-0.05, 0) is 37.7 Å². The molecule has 0 radical (unpaired) electrons. The minimum atomic E-state index is 0.299. The Morgan fingerprint density at radius 3 is 2.75 bits per heavy atom. The normalized spacial score (nSPS) is 30.4. The van der Waals surface area contributed by atoms with E-state index in [1.807, 2.05) is 0 Å². The number of hydrogen-bond acceptors (Lipinski definition) is 1. The smallest absolute Gasteiger partial charge is 0.161 e. The Balaban J connectivity index is 2.22. The molecule has 1 nitrogen and oxygen atoms in total. The van der Waals surface area contributed by atoms with Crippen LogP contribution in [0.15, 0.2) is 11.1 Å². The topological polar surface area (TPSA) is 17.1 Å². The Hall–Kier alpha value is -0.590. The molecule has 66 valence electrons. The van der Waals surface area contributed by atoms with Crippen molar-refractivity contribution in [2.24, 2.45) is 5.92 Å². The molecule has 2 aliphatic rings. The predicted molar refractivity (Wildman–Crippen MR) is 48.9 cm³/mol. The van der Waals surface area contributed by atoms with Crippen molar-refractivity contribution in [1.29, 1.82) is 0 Å². The average molecular weight is 164 g/mol. The van der Waals surface area contributed by atoms with Crippen LogP contribution < -0.4 is 0 Å². The van der Waals surface area contributed by atoms with E-state index < -0.39 is 0 Å². The highest BCUT2D eigenvalue weighted by Gasteiger charge is 2.29. The second-order valence-corrected chi connectivity index (χ2v) is 4.11. The van der Waals surface area contributed by atoms with E-state index in [1.165, 1.54) is 36.8 Å². The van der Waals surface area contributed by atoms with Crippen LogP contribution in [0.5, 0.6) is 0 Å². The fourth-order valence-corrected chi connectivity index (χ4v) is 2.43. The van der Waals surface area contributed by atoms with Crippen LogP contribution in [0, 0.1) is 5.92 Å². The van der Waals surface area contributed by atoms with E-state index in [0.717, 1.165) is 12.8 Å². The highest BCUT2D eigenvalue weighted by Crippen LogP contribution is 2.36. The van der Waals surface area contributed by atoms with Crippen molar-refractivity contribution in [3.05, 3.63) is 11.1 Å². The summed E-state index contributed by atoms with van der Waals surface area (Å²) in [5.41, 5.74) is 2.70. The van der Waals surface area contributed by atoms with Crippen molar-refractivity contribution >= 4 is 5.78 Å². The Labute approximate surface area is 73.8 Å². The van der Waals surface area contributed by atoms with Crippen LogP contribution in [-0.4, -0.2) is 5.78 Å². The fraction of sp³-hybridized carbons (Fsp3) is 0.727. The van der Waals surface area contributed by atoms with Crippen LogP contribution in [0.2, 0.25) is 0 Å². The van der Waals surface area contributed by atoms with Crippen molar-refractivity contribution in [1.82, 2.24) is 0 Å². The number of hydrogen-bond donors (Lipinski definition) is 0. The van der Waals surface area contributed by atoms with Gasteiger partial charge in [0.2, 0.25) is 0 Å². The van der Waals surface area contributed by atoms with E-state index in [9.17, 15) is 4.79 Å². The van der Waals surface area contributed by atoms with E-state index >= 15 is 0 Å². The quantitative estimate of drug-likeness (QED) is 0.538. The molecule has 0 aliphatic heterocycles. The van der Waals surface area contributed by atoms with Crippen molar-refractivity contribution in [3.8, 4) is 0 Å². The minimum absolute atomic E-state index is 0.299. The molecule has 0 heterocycles. The summed E-state index contributed by atoms with van der Waals surface area (Å²) in [6, 6.07) is 0. The third-order valence-corrected chi connectivity index (χ3v) is 3.13. The van der Waals surface area contributed by atoms with E-state index in [4.69, 9.17) is 0 Å². The number of carbonyl (C=O) groups excluding carboxylic acids is 1. The summed E-state index contributed by atoms with van der Waals surface area (Å²) in [4.78, 5) is 11.6. The molecular weight excluding hydrogens is 148 g/mol. The second kappa shape index (κ2) is 3.04. The maximum atomic E-state index is 11.6. The molecule has 1 unspecified atom stereocenters. The van der Waals surface area contributed by atoms with Crippen LogP contribution in [0.3, 0.4) is 0 Å². The zero-order chi connectivity index (χ0) is 8.55. The minimum Gasteiger partial charge on any atom is -0.294 e. The first-order valence-corrected chi connectivity index (χ1v) is 5.04. The Morgan fingerprint density at radius 1 is 1.17 bits per heavy atom. The van der Waals surface area contributed by atoms with E-state index in [2.05, 4.69) is 6.92 Å². The molecule has 1 heteroatoms. The second-order valence-electron chi connectivity index (χ2n) is 4.11. The van der Waals surface area contributed by atoms with Crippen LogP contribution in [-0.2, 0) is 4.79 Å². The van der Waals surface area contributed by atoms with Crippen molar-refractivity contribution < 1.29 is 4.79 Å². The van der Waals surface area contributed by atoms with E-state index in [-0.39, 0.29) is 0 Å². The zero-order valence-corrected chi connectivity index (χ0v) is 7.73. The zero-order valence-electron chi connectivity index (χ0n) is 7.73. The number of carbonyl (C=O) groups is 1. The Bertz CT molecular complexity index is 237. The van der Waals surface area contributed by atoms with Crippen LogP contribution in [0.1, 0.15) is 45.4 Å². The molecule has 1 atom stereocenters. The summed E-state index contributed by atoms with van der Waals surface area (Å²) in [5, 5.41) is 0. The number of rotatable bonds is 0. The van der Waals surface area contributed by atoms with Gasteiger partial charge in [0.25, 0.3) is 0 Å². The standard InChI is InChI=1S/C11H16O/c1-8-7-9-5-3-2-4-6-10(9)11(8)12/h8H,2-7H2,1H3. The first-order valence-electron chi connectivity index (χ1n) is 5.04. The van der Waals surface area contributed by atoms with Gasteiger partial charge in [-0.15, -0.1) is 0 Å². The molecule has 0 bridgehead atoms. The van der Waals surface area contributed by atoms with Crippen molar-refractivity contribution in [2.75, 3.05) is 0 Å². The van der Waals surface area contributed by atoms with Crippen molar-refractivity contribution in [2.45, 2.75) is 45.4 Å². The average Bonchev–Trinajstić information content (AvgIpc) is 2.30. The summed E-state index contributed by atoms with van der Waals surface area (Å²) in [7, 11) is 0. The largest absolute Gasteiger partial charge is 0.294 e. The molecule has 2 aliphatic carbocycles. The Kier molecular flexibility index (Phi) is 2.03. The third-order valence-electron chi connectivity index (χ3n) is 3.13. The van der Waals surface area contributed by atoms with Gasteiger partial charge < -0.3 is 0 Å². The molecular formula is C11H16O. The lowest BCUT2D eigenvalue weighted by Gasteiger charge is -2.01. The van der Waals surface area contributed by atoms with Crippen LogP contribution in [0.25, 0.3) is 0 Å². The highest BCUT2D eigenvalue weighted by atomic mass is 16.1. The molecule has 0 aromatic rings. The van der Waals surface area contributed by atoms with Crippen LogP contribution in [0.4, 0.5) is 0 Å². The summed E-state index contributed by atoms with van der Waals surface area (Å²) in [6.45, 7) is 2.07. The monoisotopic (exact) mass is 164 g/mol. The van der Waals surface area contributed by atoms with Gasteiger partial charge in [0.05, 0.1) is 0 Å². The van der Waals surface area contributed by atoms with Gasteiger partial charge in [0.15, 0.2) is 5.78 Å². The van der Waals surface area contributed by atoms with Gasteiger partial charge in [0.1, 0.15) is 0 Å². The highest BCUT2D eigenvalue weighted by molar-refractivity contribution is 6.00. The van der Waals surface area contributed by atoms with Crippen LogP contribution >= 0.6 is 0 Å². The van der Waals surface area contributed by atoms with Crippen molar-refractivity contribution in [3.63, 3.8) is 0 Å². The predicted octanol–water partition coefficient (Wildman–Crippen LogP) is 2.86. The number of ketones is 1. The lowest BCUT2D eigenvalue weighted by molar-refractivity contribution is -0.118. The van der Waals surface area contributed by atoms with Gasteiger partial charge in [0, 0.05) is 5.92 Å². The SMILES string of the molecule is CC1CC2=C(CCCCC2)C1=O. The van der Waals surface area contributed by atoms with Gasteiger partial charge in [-0.3, -0.25) is 4.79 Å². The lowest BCUT2D eigenvalue weighted by atomic mass is 10.0. The molecule has 0 spiro atoms. The molecule has 0 aromatic carbocycles. The summed E-state index contributed by atoms with van der Waals surface area (Å²) < 4.78 is 0. The van der Waals surface area contributed by atoms with Gasteiger partial charge >= 0.3 is 0 Å². The summed E-state index contributed by atoms with van der Waals surface area (Å²) in [5.74, 6) is 0.750. The first kappa shape index (κ1) is 8.03. The van der Waals surface area contributed by atoms with E-state index in [1.54, 1.807) is 0 Å². The molecule has 12 heavy (non-hydrogen) atoms. The summed E-state index contributed by atoms with van der Waals surface area (Å²) >= 11 is 0. The molecule has 0 saturated carbocycles. The fourth-order valence-electron chi connectivity index (χ4n) is 2.43.